The highest BCUT2D eigenvalue weighted by Crippen LogP contribution is 2.47. The lowest BCUT2D eigenvalue weighted by Gasteiger charge is -2.36. The number of hydrogen-bond donors (Lipinski definition) is 1. The van der Waals surface area contributed by atoms with Crippen LogP contribution in [0.5, 0.6) is 5.75 Å². The lowest BCUT2D eigenvalue weighted by molar-refractivity contribution is 0.0503. The van der Waals surface area contributed by atoms with E-state index in [-0.39, 0.29) is 23.2 Å². The fourth-order valence-corrected chi connectivity index (χ4v) is 7.79. The van der Waals surface area contributed by atoms with Gasteiger partial charge >= 0.3 is 6.09 Å². The third kappa shape index (κ3) is 6.80. The van der Waals surface area contributed by atoms with E-state index in [4.69, 9.17) is 30.5 Å². The van der Waals surface area contributed by atoms with Gasteiger partial charge in [-0.15, -0.1) is 11.3 Å². The van der Waals surface area contributed by atoms with Gasteiger partial charge in [0, 0.05) is 58.8 Å². The van der Waals surface area contributed by atoms with Crippen LogP contribution in [-0.4, -0.2) is 55.6 Å². The van der Waals surface area contributed by atoms with E-state index in [0.717, 1.165) is 58.6 Å². The van der Waals surface area contributed by atoms with Crippen LogP contribution >= 0.6 is 22.9 Å². The standard InChI is InChI=1S/C32H44ClN3O4SSi/c1-31(2,3)40-30(37)35-21-10-13-36(18-21)26-11-14-38-27-16-20(33)15-24(28(26)27)23-9-12-34-25-17-22(41-29(23)25)19-39-42(7,8)32(4,5)6/h9,12,15-17,21,26H,10-11,13-14,18-19H2,1-8H3,(H,35,37)/t21-,26+/m1/s1. The molecule has 1 fully saturated rings. The molecule has 42 heavy (non-hydrogen) atoms. The molecular weight excluding hydrogens is 586 g/mol. The van der Waals surface area contributed by atoms with Crippen LogP contribution in [0.15, 0.2) is 30.5 Å². The molecule has 7 nitrogen and oxygen atoms in total. The van der Waals surface area contributed by atoms with Gasteiger partial charge in [-0.1, -0.05) is 32.4 Å². The van der Waals surface area contributed by atoms with Crippen LogP contribution in [0, 0.1) is 0 Å². The number of aromatic nitrogens is 1. The summed E-state index contributed by atoms with van der Waals surface area (Å²) in [6.07, 6.45) is 3.26. The Kier molecular flexibility index (Phi) is 8.73. The molecule has 0 spiro atoms. The van der Waals surface area contributed by atoms with E-state index in [0.29, 0.717) is 18.2 Å². The monoisotopic (exact) mass is 629 g/mol. The van der Waals surface area contributed by atoms with Gasteiger partial charge in [-0.2, -0.15) is 0 Å². The van der Waals surface area contributed by atoms with Gasteiger partial charge in [0.2, 0.25) is 0 Å². The molecule has 2 aromatic heterocycles. The molecule has 0 saturated carbocycles. The van der Waals surface area contributed by atoms with Crippen LogP contribution in [-0.2, 0) is 15.8 Å². The quantitative estimate of drug-likeness (QED) is 0.275. The van der Waals surface area contributed by atoms with Crippen molar-refractivity contribution in [1.82, 2.24) is 15.2 Å². The summed E-state index contributed by atoms with van der Waals surface area (Å²) in [5, 5.41) is 3.87. The topological polar surface area (TPSA) is 72.9 Å². The molecule has 5 rings (SSSR count). The van der Waals surface area contributed by atoms with Crippen molar-refractivity contribution in [2.45, 2.75) is 96.8 Å². The number of likely N-dealkylation sites (tertiary alicyclic amines) is 1. The van der Waals surface area contributed by atoms with Gasteiger partial charge in [0.25, 0.3) is 0 Å². The summed E-state index contributed by atoms with van der Waals surface area (Å²) in [5.74, 6) is 0.834. The third-order valence-corrected chi connectivity index (χ3v) is 14.4. The van der Waals surface area contributed by atoms with Gasteiger partial charge in [-0.25, -0.2) is 4.79 Å². The van der Waals surface area contributed by atoms with Crippen molar-refractivity contribution < 1.29 is 18.7 Å². The maximum absolute atomic E-state index is 12.5. The smallest absolute Gasteiger partial charge is 0.407 e. The van der Waals surface area contributed by atoms with E-state index >= 15 is 0 Å². The molecule has 2 aliphatic rings. The average Bonchev–Trinajstić information content (AvgIpc) is 3.51. The zero-order chi connectivity index (χ0) is 30.4. The average molecular weight is 630 g/mol. The molecule has 1 aromatic carbocycles. The number of amides is 1. The maximum Gasteiger partial charge on any atom is 0.407 e. The Balaban J connectivity index is 1.44. The Morgan fingerprint density at radius 3 is 2.64 bits per heavy atom. The van der Waals surface area contributed by atoms with E-state index in [1.54, 1.807) is 11.3 Å². The molecule has 4 heterocycles. The number of alkyl carbamates (subject to hydrolysis) is 1. The highest BCUT2D eigenvalue weighted by molar-refractivity contribution is 7.19. The van der Waals surface area contributed by atoms with Crippen LogP contribution in [0.25, 0.3) is 21.3 Å². The summed E-state index contributed by atoms with van der Waals surface area (Å²) in [7, 11) is -1.88. The zero-order valence-electron chi connectivity index (χ0n) is 26.1. The predicted octanol–water partition coefficient (Wildman–Crippen LogP) is 8.56. The van der Waals surface area contributed by atoms with E-state index in [1.165, 1.54) is 4.88 Å². The second kappa shape index (κ2) is 11.7. The summed E-state index contributed by atoms with van der Waals surface area (Å²) in [4.78, 5) is 20.8. The maximum atomic E-state index is 12.5. The molecule has 1 N–H and O–H groups in total. The molecule has 0 bridgehead atoms. The number of ether oxygens (including phenoxy) is 2. The first-order valence-corrected chi connectivity index (χ1v) is 18.9. The second-order valence-corrected chi connectivity index (χ2v) is 20.4. The van der Waals surface area contributed by atoms with Gasteiger partial charge in [0.15, 0.2) is 8.32 Å². The Hall–Kier alpha value is -2.17. The minimum atomic E-state index is -1.88. The Labute approximate surface area is 260 Å². The van der Waals surface area contributed by atoms with Crippen molar-refractivity contribution in [2.24, 2.45) is 0 Å². The number of rotatable bonds is 6. The van der Waals surface area contributed by atoms with E-state index in [9.17, 15) is 4.79 Å². The predicted molar refractivity (Wildman–Crippen MR) is 174 cm³/mol. The van der Waals surface area contributed by atoms with Gasteiger partial charge in [-0.3, -0.25) is 9.88 Å². The number of nitrogens with zero attached hydrogens (tertiary/aromatic N) is 2. The van der Waals surface area contributed by atoms with Crippen molar-refractivity contribution in [3.05, 3.63) is 45.9 Å². The second-order valence-electron chi connectivity index (χ2n) is 14.0. The first-order chi connectivity index (χ1) is 19.6. The van der Waals surface area contributed by atoms with Crippen molar-refractivity contribution >= 4 is 47.6 Å². The highest BCUT2D eigenvalue weighted by atomic mass is 35.5. The molecule has 228 valence electrons. The van der Waals surface area contributed by atoms with E-state index < -0.39 is 13.9 Å². The van der Waals surface area contributed by atoms with E-state index in [1.807, 2.05) is 33.0 Å². The molecule has 2 atom stereocenters. The lowest BCUT2D eigenvalue weighted by Crippen LogP contribution is -2.41. The summed E-state index contributed by atoms with van der Waals surface area (Å²) < 4.78 is 19.4. The van der Waals surface area contributed by atoms with Crippen LogP contribution in [0.3, 0.4) is 0 Å². The molecule has 3 aromatic rings. The minimum Gasteiger partial charge on any atom is -0.493 e. The number of nitrogens with one attached hydrogen (secondary N) is 1. The number of fused-ring (bicyclic) bond motifs is 2. The minimum absolute atomic E-state index is 0.0373. The number of pyridine rings is 1. The molecule has 1 saturated heterocycles. The Bertz CT molecular complexity index is 1460. The number of thiophene rings is 1. The molecule has 2 aliphatic heterocycles. The van der Waals surface area contributed by atoms with Crippen molar-refractivity contribution in [1.29, 1.82) is 0 Å². The van der Waals surface area contributed by atoms with E-state index in [2.05, 4.69) is 62.3 Å². The van der Waals surface area contributed by atoms with Gasteiger partial charge < -0.3 is 19.2 Å². The van der Waals surface area contributed by atoms with Crippen LogP contribution in [0.4, 0.5) is 4.79 Å². The number of carbonyl (C=O) groups excluding carboxylic acids is 1. The molecule has 0 unspecified atom stereocenters. The zero-order valence-corrected chi connectivity index (χ0v) is 28.7. The largest absolute Gasteiger partial charge is 0.493 e. The van der Waals surface area contributed by atoms with Crippen LogP contribution < -0.4 is 10.1 Å². The number of halogens is 1. The Morgan fingerprint density at radius 2 is 1.93 bits per heavy atom. The summed E-state index contributed by atoms with van der Waals surface area (Å²) in [6.45, 7) is 19.9. The molecule has 0 radical (unpaired) electrons. The summed E-state index contributed by atoms with van der Waals surface area (Å²) in [5.41, 5.74) is 3.79. The first kappa shape index (κ1) is 31.3. The first-order valence-electron chi connectivity index (χ1n) is 14.8. The third-order valence-electron chi connectivity index (χ3n) is 8.60. The fraction of sp³-hybridized carbons (Fsp3) is 0.562. The highest BCUT2D eigenvalue weighted by Gasteiger charge is 2.38. The molecule has 10 heteroatoms. The molecule has 0 aliphatic carbocycles. The SMILES string of the molecule is CC(C)(C)OC(=O)N[C@@H]1CCN([C@H]2CCOc3cc(Cl)cc(-c4ccnc5cc(CO[Si](C)(C)C(C)(C)C)sc45)c32)C1. The Morgan fingerprint density at radius 1 is 1.17 bits per heavy atom. The summed E-state index contributed by atoms with van der Waals surface area (Å²) >= 11 is 8.44. The van der Waals surface area contributed by atoms with Crippen molar-refractivity contribution in [3.8, 4) is 16.9 Å². The van der Waals surface area contributed by atoms with Gasteiger partial charge in [-0.05, 0) is 75.2 Å². The number of hydrogen-bond acceptors (Lipinski definition) is 7. The van der Waals surface area contributed by atoms with Crippen LogP contribution in [0.1, 0.15) is 70.9 Å². The normalized spacial score (nSPS) is 19.9. The number of carbonyl (C=O) groups is 1. The summed E-state index contributed by atoms with van der Waals surface area (Å²) in [6, 6.07) is 8.44. The fourth-order valence-electron chi connectivity index (χ4n) is 5.47. The lowest BCUT2D eigenvalue weighted by atomic mass is 9.90. The van der Waals surface area contributed by atoms with Gasteiger partial charge in [0.05, 0.1) is 23.4 Å². The van der Waals surface area contributed by atoms with Crippen LogP contribution in [0.2, 0.25) is 23.2 Å². The van der Waals surface area contributed by atoms with Crippen molar-refractivity contribution in [3.63, 3.8) is 0 Å². The molecular formula is C32H44ClN3O4SSi. The van der Waals surface area contributed by atoms with Crippen molar-refractivity contribution in [2.75, 3.05) is 19.7 Å². The van der Waals surface area contributed by atoms with Gasteiger partial charge in [0.1, 0.15) is 11.4 Å². The molecule has 1 amide bonds. The number of benzene rings is 1.